The monoisotopic (exact) mass is 438 g/mol. The van der Waals surface area contributed by atoms with Gasteiger partial charge in [-0.1, -0.05) is 23.5 Å². The number of amidine groups is 2. The summed E-state index contributed by atoms with van der Waals surface area (Å²) in [4.78, 5) is 32.3. The molecule has 0 spiro atoms. The van der Waals surface area contributed by atoms with E-state index in [4.69, 9.17) is 0 Å². The fourth-order valence-electron chi connectivity index (χ4n) is 3.14. The lowest BCUT2D eigenvalue weighted by Gasteiger charge is -2.07. The molecule has 4 aliphatic rings. The van der Waals surface area contributed by atoms with Crippen LogP contribution in [0.3, 0.4) is 0 Å². The lowest BCUT2D eigenvalue weighted by atomic mass is 10.3. The molecule has 0 saturated carbocycles. The van der Waals surface area contributed by atoms with Gasteiger partial charge in [0.2, 0.25) is 0 Å². The Bertz CT molecular complexity index is 878. The second kappa shape index (κ2) is 6.21. The van der Waals surface area contributed by atoms with Gasteiger partial charge >= 0.3 is 11.8 Å². The number of thioether (sulfide) groups is 2. The molecular weight excluding hydrogens is 424 g/mol. The molecule has 0 aromatic rings. The summed E-state index contributed by atoms with van der Waals surface area (Å²) in [5.74, 6) is -1.92. The highest BCUT2D eigenvalue weighted by atomic mass is 32.2. The maximum absolute atomic E-state index is 12.0. The Morgan fingerprint density at radius 1 is 0.769 bits per heavy atom. The molecule has 4 atom stereocenters. The zero-order valence-electron chi connectivity index (χ0n) is 13.1. The third-order valence-electron chi connectivity index (χ3n) is 4.28. The smallest absolute Gasteiger partial charge is 0.297 e. The van der Waals surface area contributed by atoms with Gasteiger partial charge in [0.15, 0.2) is 30.0 Å². The minimum absolute atomic E-state index is 0.0104. The van der Waals surface area contributed by atoms with Crippen molar-refractivity contribution in [1.29, 1.82) is 0 Å². The summed E-state index contributed by atoms with van der Waals surface area (Å²) in [6, 6.07) is -0.779. The first-order valence-corrected chi connectivity index (χ1v) is 13.0. The van der Waals surface area contributed by atoms with Crippen molar-refractivity contribution in [3.05, 3.63) is 0 Å². The first-order chi connectivity index (χ1) is 12.1. The lowest BCUT2D eigenvalue weighted by Crippen LogP contribution is -2.43. The molecule has 26 heavy (non-hydrogen) atoms. The van der Waals surface area contributed by atoms with E-state index in [2.05, 4.69) is 20.6 Å². The second-order valence-electron chi connectivity index (χ2n) is 6.38. The fourth-order valence-corrected chi connectivity index (χ4v) is 10.4. The number of amides is 2. The van der Waals surface area contributed by atoms with Gasteiger partial charge in [0.05, 0.1) is 35.1 Å². The largest absolute Gasteiger partial charge is 0.315 e. The normalized spacial score (nSPS) is 36.0. The van der Waals surface area contributed by atoms with E-state index in [1.165, 1.54) is 0 Å². The van der Waals surface area contributed by atoms with Gasteiger partial charge < -0.3 is 0 Å². The predicted molar refractivity (Wildman–Crippen MR) is 98.8 cm³/mol. The summed E-state index contributed by atoms with van der Waals surface area (Å²) in [6.45, 7) is 0. The maximum atomic E-state index is 12.0. The number of rotatable bonds is 0. The summed E-state index contributed by atoms with van der Waals surface area (Å²) in [5, 5.41) is 4.77. The van der Waals surface area contributed by atoms with Crippen LogP contribution in [0.5, 0.6) is 0 Å². The topological polar surface area (TPSA) is 151 Å². The van der Waals surface area contributed by atoms with Crippen molar-refractivity contribution in [1.82, 2.24) is 10.6 Å². The second-order valence-corrected chi connectivity index (χ2v) is 13.1. The van der Waals surface area contributed by atoms with E-state index in [0.29, 0.717) is 0 Å². The number of sulfone groups is 2. The molecule has 14 heteroatoms. The van der Waals surface area contributed by atoms with Crippen molar-refractivity contribution in [2.75, 3.05) is 23.0 Å². The van der Waals surface area contributed by atoms with Crippen molar-refractivity contribution in [2.24, 2.45) is 9.98 Å². The average Bonchev–Trinajstić information content (AvgIpc) is 3.14. The number of carbonyl (C=O) groups excluding carboxylic acids is 2. The Labute approximate surface area is 157 Å². The van der Waals surface area contributed by atoms with Crippen LogP contribution in [0.1, 0.15) is 0 Å². The van der Waals surface area contributed by atoms with Crippen LogP contribution in [-0.4, -0.2) is 84.6 Å². The highest BCUT2D eigenvalue weighted by molar-refractivity contribution is 8.15. The van der Waals surface area contributed by atoms with E-state index in [1.54, 1.807) is 0 Å². The molecule has 2 N–H and O–H groups in total. The maximum Gasteiger partial charge on any atom is 0.315 e. The van der Waals surface area contributed by atoms with Crippen LogP contribution in [0.2, 0.25) is 0 Å². The molecule has 2 amide bonds. The summed E-state index contributed by atoms with van der Waals surface area (Å²) in [6.07, 6.45) is 0. The molecular formula is C12H14N4O6S4. The molecule has 142 valence electrons. The zero-order valence-corrected chi connectivity index (χ0v) is 16.4. The van der Waals surface area contributed by atoms with Gasteiger partial charge in [-0.15, -0.1) is 0 Å². The number of nitrogens with zero attached hydrogens (tertiary/aromatic N) is 2. The molecule has 4 heterocycles. The number of hydrogen-bond acceptors (Lipinski definition) is 10. The van der Waals surface area contributed by atoms with E-state index in [9.17, 15) is 26.4 Å². The lowest BCUT2D eigenvalue weighted by molar-refractivity contribution is -0.137. The SMILES string of the molecule is O=C(NC1=N[C@H]2CS(=O)(=O)C[C@H]2S1)C(=O)NC1=N[C@H]2CS(=O)(=O)C[C@H]2S1. The molecule has 4 rings (SSSR count). The van der Waals surface area contributed by atoms with E-state index < -0.39 is 31.5 Å². The van der Waals surface area contributed by atoms with Gasteiger partial charge in [-0.05, 0) is 0 Å². The summed E-state index contributed by atoms with van der Waals surface area (Å²) >= 11 is 2.28. The van der Waals surface area contributed by atoms with Gasteiger partial charge in [-0.2, -0.15) is 0 Å². The highest BCUT2D eigenvalue weighted by Gasteiger charge is 2.44. The van der Waals surface area contributed by atoms with Crippen LogP contribution in [0.25, 0.3) is 0 Å². The Morgan fingerprint density at radius 3 is 1.50 bits per heavy atom. The van der Waals surface area contributed by atoms with Crippen molar-refractivity contribution < 1.29 is 26.4 Å². The first kappa shape index (κ1) is 18.3. The minimum atomic E-state index is -3.09. The standard InChI is InChI=1S/C12H14N4O6S4/c17-9(15-11-13-5-1-25(19,20)3-7(5)23-11)10(18)16-12-14-6-2-26(21,22)4-8(6)24-12/h5-8H,1-4H2,(H,13,15,17)(H,14,16,18)/t5-,6-,7+,8+/m0/s1. The highest BCUT2D eigenvalue weighted by Crippen LogP contribution is 2.34. The van der Waals surface area contributed by atoms with Crippen molar-refractivity contribution in [2.45, 2.75) is 22.6 Å². The summed E-state index contributed by atoms with van der Waals surface area (Å²) in [5.41, 5.74) is 0. The molecule has 0 radical (unpaired) electrons. The van der Waals surface area contributed by atoms with E-state index in [0.717, 1.165) is 23.5 Å². The molecule has 0 unspecified atom stereocenters. The van der Waals surface area contributed by atoms with Crippen LogP contribution < -0.4 is 10.6 Å². The van der Waals surface area contributed by atoms with E-state index in [1.807, 2.05) is 0 Å². The van der Waals surface area contributed by atoms with Crippen LogP contribution in [0.4, 0.5) is 0 Å². The third kappa shape index (κ3) is 3.64. The van der Waals surface area contributed by atoms with Gasteiger partial charge in [0.1, 0.15) is 0 Å². The summed E-state index contributed by atoms with van der Waals surface area (Å²) in [7, 11) is -6.17. The molecule has 0 aliphatic carbocycles. The number of aliphatic imine (C=N–C) groups is 2. The van der Waals surface area contributed by atoms with Crippen LogP contribution in [-0.2, 0) is 29.3 Å². The molecule has 10 nitrogen and oxygen atoms in total. The molecule has 4 aliphatic heterocycles. The molecule has 2 saturated heterocycles. The van der Waals surface area contributed by atoms with Crippen molar-refractivity contribution >= 4 is 65.3 Å². The molecule has 0 aromatic carbocycles. The van der Waals surface area contributed by atoms with E-state index >= 15 is 0 Å². The van der Waals surface area contributed by atoms with Crippen molar-refractivity contribution in [3.63, 3.8) is 0 Å². The molecule has 0 aromatic heterocycles. The minimum Gasteiger partial charge on any atom is -0.297 e. The Kier molecular flexibility index (Phi) is 4.36. The van der Waals surface area contributed by atoms with Crippen LogP contribution in [0.15, 0.2) is 9.98 Å². The number of nitrogens with one attached hydrogen (secondary N) is 2. The third-order valence-corrected chi connectivity index (χ3v) is 10.6. The van der Waals surface area contributed by atoms with Crippen LogP contribution >= 0.6 is 23.5 Å². The average molecular weight is 439 g/mol. The number of hydrogen-bond donors (Lipinski definition) is 2. The quantitative estimate of drug-likeness (QED) is 0.403. The number of fused-ring (bicyclic) bond motifs is 2. The Balaban J connectivity index is 1.32. The first-order valence-electron chi connectivity index (χ1n) is 7.62. The summed E-state index contributed by atoms with van der Waals surface area (Å²) < 4.78 is 46.0. The van der Waals surface area contributed by atoms with Crippen LogP contribution in [0, 0.1) is 0 Å². The van der Waals surface area contributed by atoms with Gasteiger partial charge in [-0.3, -0.25) is 30.2 Å². The zero-order chi connectivity index (χ0) is 18.7. The Morgan fingerprint density at radius 2 is 1.15 bits per heavy atom. The fraction of sp³-hybridized carbons (Fsp3) is 0.667. The van der Waals surface area contributed by atoms with E-state index in [-0.39, 0.29) is 55.9 Å². The van der Waals surface area contributed by atoms with Crippen molar-refractivity contribution in [3.8, 4) is 0 Å². The van der Waals surface area contributed by atoms with Gasteiger partial charge in [0.25, 0.3) is 0 Å². The number of carbonyl (C=O) groups is 2. The Hall–Kier alpha value is -1.12. The predicted octanol–water partition coefficient (Wildman–Crippen LogP) is -2.24. The molecule has 0 bridgehead atoms. The molecule has 2 fully saturated rings. The van der Waals surface area contributed by atoms with Gasteiger partial charge in [0, 0.05) is 10.5 Å². The van der Waals surface area contributed by atoms with Gasteiger partial charge in [-0.25, -0.2) is 16.8 Å².